The summed E-state index contributed by atoms with van der Waals surface area (Å²) in [6, 6.07) is 26.0. The molecule has 1 aromatic heterocycles. The van der Waals surface area contributed by atoms with E-state index in [0.29, 0.717) is 33.5 Å². The molecule has 0 saturated heterocycles. The van der Waals surface area contributed by atoms with E-state index in [1.165, 1.54) is 4.68 Å². The number of aromatic nitrogens is 2. The van der Waals surface area contributed by atoms with E-state index in [4.69, 9.17) is 9.47 Å². The third kappa shape index (κ3) is 3.69. The fourth-order valence-corrected chi connectivity index (χ4v) is 4.23. The number of ketones is 1. The largest absolute Gasteiger partial charge is 0.493 e. The molecule has 0 radical (unpaired) electrons. The number of carbonyl (C=O) groups excluding carboxylic acids is 1. The molecule has 34 heavy (non-hydrogen) atoms. The molecule has 0 atom stereocenters. The first-order chi connectivity index (χ1) is 16.6. The topological polar surface area (TPSA) is 70.4 Å². The highest BCUT2D eigenvalue weighted by Crippen LogP contribution is 2.33. The van der Waals surface area contributed by atoms with Gasteiger partial charge in [-0.25, -0.2) is 4.68 Å². The van der Waals surface area contributed by atoms with Gasteiger partial charge in [0.15, 0.2) is 17.3 Å². The predicted octanol–water partition coefficient (Wildman–Crippen LogP) is 5.12. The van der Waals surface area contributed by atoms with Crippen LogP contribution in [-0.4, -0.2) is 29.8 Å². The van der Waals surface area contributed by atoms with Crippen molar-refractivity contribution in [2.75, 3.05) is 14.2 Å². The van der Waals surface area contributed by atoms with Gasteiger partial charge in [-0.05, 0) is 35.0 Å². The Morgan fingerprint density at radius 3 is 2.24 bits per heavy atom. The molecule has 5 rings (SSSR count). The summed E-state index contributed by atoms with van der Waals surface area (Å²) in [7, 11) is 3.14. The summed E-state index contributed by atoms with van der Waals surface area (Å²) in [4.78, 5) is 26.6. The van der Waals surface area contributed by atoms with Crippen LogP contribution in [0.5, 0.6) is 11.5 Å². The molecule has 0 N–H and O–H groups in total. The van der Waals surface area contributed by atoms with E-state index >= 15 is 0 Å². The van der Waals surface area contributed by atoms with Crippen molar-refractivity contribution in [1.29, 1.82) is 0 Å². The van der Waals surface area contributed by atoms with Crippen LogP contribution in [0.15, 0.2) is 89.7 Å². The Kier molecular flexibility index (Phi) is 5.55. The Morgan fingerprint density at radius 2 is 1.47 bits per heavy atom. The minimum atomic E-state index is -0.312. The van der Waals surface area contributed by atoms with Gasteiger partial charge in [0, 0.05) is 16.5 Å². The van der Waals surface area contributed by atoms with E-state index < -0.39 is 0 Å². The third-order valence-corrected chi connectivity index (χ3v) is 5.91. The minimum absolute atomic E-state index is 0.169. The van der Waals surface area contributed by atoms with Crippen molar-refractivity contribution < 1.29 is 14.3 Å². The SMILES string of the molecule is COc1ccc(-c2nn(CC(=O)c3cccc4ccccc34)c(=O)c3ccccc23)cc1OC. The van der Waals surface area contributed by atoms with Crippen molar-refractivity contribution in [3.63, 3.8) is 0 Å². The number of hydrogen-bond acceptors (Lipinski definition) is 5. The first-order valence-electron chi connectivity index (χ1n) is 10.8. The normalized spacial score (nSPS) is 11.0. The van der Waals surface area contributed by atoms with Crippen LogP contribution >= 0.6 is 0 Å². The number of fused-ring (bicyclic) bond motifs is 2. The Balaban J connectivity index is 1.65. The second-order valence-electron chi connectivity index (χ2n) is 7.88. The number of benzene rings is 4. The molecule has 6 nitrogen and oxygen atoms in total. The minimum Gasteiger partial charge on any atom is -0.493 e. The number of carbonyl (C=O) groups is 1. The first kappa shape index (κ1) is 21.4. The van der Waals surface area contributed by atoms with E-state index in [-0.39, 0.29) is 17.9 Å². The van der Waals surface area contributed by atoms with Crippen LogP contribution < -0.4 is 15.0 Å². The number of ether oxygens (including phenoxy) is 2. The quantitative estimate of drug-likeness (QED) is 0.336. The lowest BCUT2D eigenvalue weighted by Crippen LogP contribution is -2.27. The van der Waals surface area contributed by atoms with Crippen molar-refractivity contribution >= 4 is 27.3 Å². The standard InChI is InChI=1S/C28H22N2O4/c1-33-25-15-14-19(16-26(25)34-2)27-22-11-5-6-12-23(22)28(32)30(29-27)17-24(31)21-13-7-9-18-8-3-4-10-20(18)21/h3-16H,17H2,1-2H3. The summed E-state index contributed by atoms with van der Waals surface area (Å²) in [5.74, 6) is 0.963. The number of methoxy groups -OCH3 is 2. The van der Waals surface area contributed by atoms with Crippen LogP contribution in [0.3, 0.4) is 0 Å². The van der Waals surface area contributed by atoms with Gasteiger partial charge in [0.05, 0.1) is 25.3 Å². The highest BCUT2D eigenvalue weighted by molar-refractivity contribution is 6.08. The zero-order chi connectivity index (χ0) is 23.7. The number of rotatable bonds is 6. The summed E-state index contributed by atoms with van der Waals surface area (Å²) in [6.45, 7) is -0.169. The fourth-order valence-electron chi connectivity index (χ4n) is 4.23. The molecule has 5 aromatic rings. The molecular weight excluding hydrogens is 428 g/mol. The van der Waals surface area contributed by atoms with Gasteiger partial charge in [-0.2, -0.15) is 5.10 Å². The molecule has 0 unspecified atom stereocenters. The Bertz CT molecular complexity index is 1600. The van der Waals surface area contributed by atoms with E-state index in [0.717, 1.165) is 16.3 Å². The summed E-state index contributed by atoms with van der Waals surface area (Å²) >= 11 is 0. The summed E-state index contributed by atoms with van der Waals surface area (Å²) < 4.78 is 12.0. The first-order valence-corrected chi connectivity index (χ1v) is 10.8. The van der Waals surface area contributed by atoms with Crippen LogP contribution in [0.25, 0.3) is 32.8 Å². The summed E-state index contributed by atoms with van der Waals surface area (Å²) in [5, 5.41) is 7.65. The Morgan fingerprint density at radius 1 is 0.794 bits per heavy atom. The van der Waals surface area contributed by atoms with Gasteiger partial charge < -0.3 is 9.47 Å². The van der Waals surface area contributed by atoms with Gasteiger partial charge >= 0.3 is 0 Å². The average molecular weight is 450 g/mol. The highest BCUT2D eigenvalue weighted by Gasteiger charge is 2.17. The fraction of sp³-hybridized carbons (Fsp3) is 0.107. The van der Waals surface area contributed by atoms with Crippen molar-refractivity contribution in [2.24, 2.45) is 0 Å². The Labute approximate surface area is 196 Å². The van der Waals surface area contributed by atoms with Gasteiger partial charge in [0.1, 0.15) is 6.54 Å². The molecule has 0 aliphatic carbocycles. The molecule has 0 spiro atoms. The lowest BCUT2D eigenvalue weighted by molar-refractivity contribution is 0.0967. The van der Waals surface area contributed by atoms with Crippen LogP contribution in [0.1, 0.15) is 10.4 Å². The molecule has 1 heterocycles. The van der Waals surface area contributed by atoms with Gasteiger partial charge in [-0.15, -0.1) is 0 Å². The van der Waals surface area contributed by atoms with E-state index in [9.17, 15) is 9.59 Å². The molecule has 0 bridgehead atoms. The zero-order valence-electron chi connectivity index (χ0n) is 18.8. The molecule has 0 saturated carbocycles. The van der Waals surface area contributed by atoms with Crippen molar-refractivity contribution in [3.8, 4) is 22.8 Å². The van der Waals surface area contributed by atoms with Crippen molar-refractivity contribution in [2.45, 2.75) is 6.54 Å². The predicted molar refractivity (Wildman–Crippen MR) is 133 cm³/mol. The number of hydrogen-bond donors (Lipinski definition) is 0. The summed E-state index contributed by atoms with van der Waals surface area (Å²) in [6.07, 6.45) is 0. The molecule has 0 amide bonds. The zero-order valence-corrected chi connectivity index (χ0v) is 18.8. The third-order valence-electron chi connectivity index (χ3n) is 5.91. The molecule has 168 valence electrons. The van der Waals surface area contributed by atoms with E-state index in [2.05, 4.69) is 5.10 Å². The van der Waals surface area contributed by atoms with E-state index in [1.54, 1.807) is 38.5 Å². The Hall–Kier alpha value is -4.45. The molecule has 4 aromatic carbocycles. The lowest BCUT2D eigenvalue weighted by Gasteiger charge is -2.13. The van der Waals surface area contributed by atoms with E-state index in [1.807, 2.05) is 60.7 Å². The maximum atomic E-state index is 13.3. The maximum absolute atomic E-state index is 13.3. The smallest absolute Gasteiger partial charge is 0.275 e. The number of Topliss-reactive ketones (excluding diaryl/α,β-unsaturated/α-hetero) is 1. The monoisotopic (exact) mass is 450 g/mol. The van der Waals surface area contributed by atoms with Gasteiger partial charge in [0.25, 0.3) is 5.56 Å². The molecular formula is C28H22N2O4. The lowest BCUT2D eigenvalue weighted by atomic mass is 10.0. The van der Waals surface area contributed by atoms with Gasteiger partial charge in [0.2, 0.25) is 0 Å². The molecule has 6 heteroatoms. The van der Waals surface area contributed by atoms with Gasteiger partial charge in [-0.3, -0.25) is 9.59 Å². The summed E-state index contributed by atoms with van der Waals surface area (Å²) in [5.41, 5.74) is 1.59. The average Bonchev–Trinajstić information content (AvgIpc) is 2.89. The highest BCUT2D eigenvalue weighted by atomic mass is 16.5. The molecule has 0 aliphatic rings. The van der Waals surface area contributed by atoms with Crippen LogP contribution in [0, 0.1) is 0 Å². The number of nitrogens with zero attached hydrogens (tertiary/aromatic N) is 2. The van der Waals surface area contributed by atoms with Gasteiger partial charge in [-0.1, -0.05) is 60.7 Å². The van der Waals surface area contributed by atoms with Crippen molar-refractivity contribution in [3.05, 3.63) is 101 Å². The maximum Gasteiger partial charge on any atom is 0.275 e. The second-order valence-corrected chi connectivity index (χ2v) is 7.88. The molecule has 0 aliphatic heterocycles. The van der Waals surface area contributed by atoms with Crippen LogP contribution in [-0.2, 0) is 6.54 Å². The molecule has 0 fully saturated rings. The second kappa shape index (κ2) is 8.83. The van der Waals surface area contributed by atoms with Crippen LogP contribution in [0.2, 0.25) is 0 Å². The van der Waals surface area contributed by atoms with Crippen molar-refractivity contribution in [1.82, 2.24) is 9.78 Å². The van der Waals surface area contributed by atoms with Crippen LogP contribution in [0.4, 0.5) is 0 Å².